The van der Waals surface area contributed by atoms with E-state index in [1.165, 1.54) is 0 Å². The van der Waals surface area contributed by atoms with Gasteiger partial charge in [0, 0.05) is 30.9 Å². The summed E-state index contributed by atoms with van der Waals surface area (Å²) < 4.78 is 0. The van der Waals surface area contributed by atoms with E-state index in [2.05, 4.69) is 23.8 Å². The first-order valence-electron chi connectivity index (χ1n) is 9.90. The van der Waals surface area contributed by atoms with E-state index in [9.17, 15) is 4.79 Å². The number of amides is 1. The van der Waals surface area contributed by atoms with Crippen molar-refractivity contribution in [2.24, 2.45) is 4.99 Å². The minimum Gasteiger partial charge on any atom is -0.350 e. The highest BCUT2D eigenvalue weighted by molar-refractivity contribution is 6.07. The molecule has 1 aromatic heterocycles. The van der Waals surface area contributed by atoms with Gasteiger partial charge in [0.25, 0.3) is 0 Å². The fourth-order valence-corrected chi connectivity index (χ4v) is 3.30. The van der Waals surface area contributed by atoms with Gasteiger partial charge in [-0.1, -0.05) is 19.6 Å². The van der Waals surface area contributed by atoms with Crippen LogP contribution in [0.3, 0.4) is 0 Å². The van der Waals surface area contributed by atoms with E-state index < -0.39 is 0 Å². The molecule has 6 nitrogen and oxygen atoms in total. The highest BCUT2D eigenvalue weighted by Gasteiger charge is 2.24. The topological polar surface area (TPSA) is 70.5 Å². The van der Waals surface area contributed by atoms with Crippen molar-refractivity contribution in [1.82, 2.24) is 15.3 Å². The van der Waals surface area contributed by atoms with Crippen LogP contribution in [0.15, 0.2) is 29.3 Å². The zero-order valence-corrected chi connectivity index (χ0v) is 18.1. The molecule has 0 bridgehead atoms. The van der Waals surface area contributed by atoms with Crippen LogP contribution in [-0.2, 0) is 17.6 Å². The van der Waals surface area contributed by atoms with Crippen LogP contribution in [-0.4, -0.2) is 47.8 Å². The van der Waals surface area contributed by atoms with Crippen LogP contribution in [0, 0.1) is 0 Å². The maximum absolute atomic E-state index is 12.4. The van der Waals surface area contributed by atoms with Gasteiger partial charge in [-0.2, -0.15) is 0 Å². The fourth-order valence-electron chi connectivity index (χ4n) is 3.30. The maximum Gasteiger partial charge on any atom is 0.239 e. The number of nitrogens with zero attached hydrogens (tertiary/aromatic N) is 4. The van der Waals surface area contributed by atoms with Crippen molar-refractivity contribution < 1.29 is 4.79 Å². The fraction of sp³-hybridized carbons (Fsp3) is 0.545. The lowest BCUT2D eigenvalue weighted by molar-refractivity contribution is -0.121. The van der Waals surface area contributed by atoms with E-state index >= 15 is 0 Å². The second-order valence-corrected chi connectivity index (χ2v) is 8.19. The molecular formula is C22H33N5O. The molecule has 6 heteroatoms. The third-order valence-corrected chi connectivity index (χ3v) is 4.63. The molecule has 0 aliphatic heterocycles. The molecule has 1 N–H and O–H groups in total. The van der Waals surface area contributed by atoms with Gasteiger partial charge >= 0.3 is 0 Å². The number of aryl methyl sites for hydroxylation is 1. The van der Waals surface area contributed by atoms with Crippen molar-refractivity contribution in [1.29, 1.82) is 0 Å². The van der Waals surface area contributed by atoms with Gasteiger partial charge < -0.3 is 10.2 Å². The van der Waals surface area contributed by atoms with E-state index in [0.29, 0.717) is 5.82 Å². The molecule has 0 spiro atoms. The summed E-state index contributed by atoms with van der Waals surface area (Å²) in [6.07, 6.45) is 7.62. The first kappa shape index (κ1) is 21.8. The van der Waals surface area contributed by atoms with Crippen molar-refractivity contribution in [3.63, 3.8) is 0 Å². The highest BCUT2D eigenvalue weighted by atomic mass is 16.2. The predicted octanol–water partition coefficient (Wildman–Crippen LogP) is 3.26. The summed E-state index contributed by atoms with van der Waals surface area (Å²) in [6, 6.07) is 0. The van der Waals surface area contributed by atoms with Gasteiger partial charge in [-0.25, -0.2) is 9.97 Å². The summed E-state index contributed by atoms with van der Waals surface area (Å²) in [6.45, 7) is 12.1. The van der Waals surface area contributed by atoms with Gasteiger partial charge in [0.15, 0.2) is 5.82 Å². The first-order valence-corrected chi connectivity index (χ1v) is 9.90. The van der Waals surface area contributed by atoms with Crippen LogP contribution in [0.1, 0.15) is 57.6 Å². The molecule has 0 fully saturated rings. The summed E-state index contributed by atoms with van der Waals surface area (Å²) in [7, 11) is 3.66. The Bertz CT molecular complexity index is 802. The van der Waals surface area contributed by atoms with Gasteiger partial charge in [-0.15, -0.1) is 0 Å². The van der Waals surface area contributed by atoms with Crippen LogP contribution in [0.4, 0.5) is 5.82 Å². The molecule has 0 unspecified atom stereocenters. The van der Waals surface area contributed by atoms with Gasteiger partial charge in [-0.05, 0) is 58.1 Å². The Kier molecular flexibility index (Phi) is 7.11. The Balaban J connectivity index is 2.39. The number of hydrogen-bond donors (Lipinski definition) is 1. The Hall–Kier alpha value is -2.50. The normalized spacial score (nSPS) is 14.6. The van der Waals surface area contributed by atoms with E-state index in [0.717, 1.165) is 54.0 Å². The molecule has 152 valence electrons. The zero-order chi connectivity index (χ0) is 20.9. The second-order valence-electron chi connectivity index (χ2n) is 8.19. The minimum atomic E-state index is -0.259. The molecule has 0 atom stereocenters. The molecule has 0 saturated heterocycles. The molecule has 1 amide bonds. The Morgan fingerprint density at radius 3 is 2.61 bits per heavy atom. The second kappa shape index (κ2) is 9.13. The minimum absolute atomic E-state index is 0.0221. The van der Waals surface area contributed by atoms with Gasteiger partial charge in [0.05, 0.1) is 6.54 Å². The standard InChI is InChI=1S/C22H33N5O/c1-8-15(9-2)13-18(23-6)20-24-17-12-10-11-16(17)21(25-20)27(7)14-19(28)26-22(3,4)5/h8,13H,1,9-12,14H2,2-7H3,(H,26,28)/b15-13+,23-18?. The molecule has 28 heavy (non-hydrogen) atoms. The monoisotopic (exact) mass is 383 g/mol. The summed E-state index contributed by atoms with van der Waals surface area (Å²) in [4.78, 5) is 28.3. The number of nitrogens with one attached hydrogen (secondary N) is 1. The number of carbonyl (C=O) groups is 1. The van der Waals surface area contributed by atoms with Crippen LogP contribution < -0.4 is 10.2 Å². The summed E-state index contributed by atoms with van der Waals surface area (Å²) in [5, 5.41) is 3.01. The molecule has 2 rings (SSSR count). The molecule has 0 radical (unpaired) electrons. The third kappa shape index (κ3) is 5.50. The summed E-state index contributed by atoms with van der Waals surface area (Å²) >= 11 is 0. The lowest BCUT2D eigenvalue weighted by Crippen LogP contribution is -2.45. The molecule has 1 aliphatic rings. The van der Waals surface area contributed by atoms with Gasteiger partial charge in [0.2, 0.25) is 5.91 Å². The summed E-state index contributed by atoms with van der Waals surface area (Å²) in [5.41, 5.74) is 3.78. The molecular weight excluding hydrogens is 350 g/mol. The maximum atomic E-state index is 12.4. The Labute approximate surface area is 168 Å². The number of aromatic nitrogens is 2. The van der Waals surface area contributed by atoms with Crippen LogP contribution in [0.25, 0.3) is 0 Å². The van der Waals surface area contributed by atoms with Crippen LogP contribution in [0.2, 0.25) is 0 Å². The van der Waals surface area contributed by atoms with Crippen LogP contribution in [0.5, 0.6) is 0 Å². The number of carbonyl (C=O) groups excluding carboxylic acids is 1. The number of fused-ring (bicyclic) bond motifs is 1. The van der Waals surface area contributed by atoms with Crippen molar-refractivity contribution in [3.8, 4) is 0 Å². The number of anilines is 1. The largest absolute Gasteiger partial charge is 0.350 e. The summed E-state index contributed by atoms with van der Waals surface area (Å²) in [5.74, 6) is 1.41. The molecule has 0 saturated carbocycles. The number of hydrogen-bond acceptors (Lipinski definition) is 5. The quantitative estimate of drug-likeness (QED) is 0.579. The molecule has 1 aliphatic carbocycles. The Morgan fingerprint density at radius 2 is 2.04 bits per heavy atom. The van der Waals surface area contributed by atoms with Crippen molar-refractivity contribution in [3.05, 3.63) is 41.4 Å². The van der Waals surface area contributed by atoms with E-state index in [-0.39, 0.29) is 18.0 Å². The SMILES string of the molecule is C=C/C(=C\C(=NC)c1nc2c(c(N(C)CC(=O)NC(C)(C)C)n1)CCC2)CC. The average Bonchev–Trinajstić information content (AvgIpc) is 3.08. The number of allylic oxidation sites excluding steroid dienone is 3. The van der Waals surface area contributed by atoms with Crippen molar-refractivity contribution >= 4 is 17.4 Å². The zero-order valence-electron chi connectivity index (χ0n) is 18.1. The van der Waals surface area contributed by atoms with Crippen LogP contribution >= 0.6 is 0 Å². The predicted molar refractivity (Wildman–Crippen MR) is 116 cm³/mol. The molecule has 0 aromatic carbocycles. The Morgan fingerprint density at radius 1 is 1.32 bits per heavy atom. The van der Waals surface area contributed by atoms with E-state index in [1.807, 2.05) is 44.9 Å². The van der Waals surface area contributed by atoms with E-state index in [1.54, 1.807) is 7.05 Å². The lowest BCUT2D eigenvalue weighted by atomic mass is 10.1. The molecule has 1 heterocycles. The number of likely N-dealkylation sites (N-methyl/N-ethyl adjacent to an activating group) is 1. The van der Waals surface area contributed by atoms with E-state index in [4.69, 9.17) is 9.97 Å². The van der Waals surface area contributed by atoms with Gasteiger partial charge in [-0.3, -0.25) is 9.79 Å². The lowest BCUT2D eigenvalue weighted by Gasteiger charge is -2.25. The first-order chi connectivity index (χ1) is 13.2. The number of rotatable bonds is 7. The van der Waals surface area contributed by atoms with Crippen molar-refractivity contribution in [2.75, 3.05) is 25.5 Å². The highest BCUT2D eigenvalue weighted by Crippen LogP contribution is 2.28. The average molecular weight is 384 g/mol. The third-order valence-electron chi connectivity index (χ3n) is 4.63. The van der Waals surface area contributed by atoms with Crippen molar-refractivity contribution in [2.45, 2.75) is 58.9 Å². The number of aliphatic imine (C=N–C) groups is 1. The molecule has 1 aromatic rings. The van der Waals surface area contributed by atoms with Gasteiger partial charge in [0.1, 0.15) is 11.5 Å². The smallest absolute Gasteiger partial charge is 0.239 e.